The highest BCUT2D eigenvalue weighted by Gasteiger charge is 2.40. The topological polar surface area (TPSA) is 58.6 Å². The zero-order valence-corrected chi connectivity index (χ0v) is 12.9. The predicted molar refractivity (Wildman–Crippen MR) is 87.3 cm³/mol. The third-order valence-corrected chi connectivity index (χ3v) is 3.91. The van der Waals surface area contributed by atoms with E-state index < -0.39 is 12.7 Å². The number of carbonyl (C=O) groups is 1. The van der Waals surface area contributed by atoms with Crippen LogP contribution in [0.2, 0.25) is 0 Å². The lowest BCUT2D eigenvalue weighted by molar-refractivity contribution is 0.101. The second-order valence-electron chi connectivity index (χ2n) is 6.11. The van der Waals surface area contributed by atoms with Gasteiger partial charge in [0.15, 0.2) is 0 Å². The van der Waals surface area contributed by atoms with Crippen molar-refractivity contribution in [1.29, 1.82) is 0 Å². The highest BCUT2D eigenvalue weighted by molar-refractivity contribution is 6.62. The average molecular weight is 295 g/mol. The lowest BCUT2D eigenvalue weighted by Gasteiger charge is -2.19. The van der Waals surface area contributed by atoms with Crippen LogP contribution in [0.4, 0.5) is 5.69 Å². The summed E-state index contributed by atoms with van der Waals surface area (Å²) in [6, 6.07) is 12.9. The standard InChI is InChI=1S/C17H18BNO3/c1-11-5-4-6-12(9-11)16(20)19-13-7-8-14-15(10-13)18(21)22-17(14,2)3/h4-10,21H,1-3H3,(H,19,20). The summed E-state index contributed by atoms with van der Waals surface area (Å²) in [7, 11) is -0.958. The monoisotopic (exact) mass is 295 g/mol. The van der Waals surface area contributed by atoms with Crippen LogP contribution in [0.5, 0.6) is 0 Å². The van der Waals surface area contributed by atoms with Gasteiger partial charge in [0.1, 0.15) is 0 Å². The summed E-state index contributed by atoms with van der Waals surface area (Å²) in [5.74, 6) is -0.170. The van der Waals surface area contributed by atoms with Crippen molar-refractivity contribution >= 4 is 24.2 Å². The summed E-state index contributed by atoms with van der Waals surface area (Å²) in [6.45, 7) is 5.77. The Morgan fingerprint density at radius 3 is 2.73 bits per heavy atom. The summed E-state index contributed by atoms with van der Waals surface area (Å²) < 4.78 is 5.52. The zero-order chi connectivity index (χ0) is 15.9. The molecule has 1 aliphatic heterocycles. The zero-order valence-electron chi connectivity index (χ0n) is 12.9. The van der Waals surface area contributed by atoms with E-state index >= 15 is 0 Å². The molecule has 0 atom stereocenters. The molecule has 1 heterocycles. The van der Waals surface area contributed by atoms with Gasteiger partial charge >= 0.3 is 7.12 Å². The van der Waals surface area contributed by atoms with Crippen molar-refractivity contribution in [3.63, 3.8) is 0 Å². The van der Waals surface area contributed by atoms with Gasteiger partial charge in [-0.25, -0.2) is 0 Å². The molecule has 0 aromatic heterocycles. The van der Waals surface area contributed by atoms with E-state index in [2.05, 4.69) is 5.32 Å². The smallest absolute Gasteiger partial charge is 0.423 e. The Morgan fingerprint density at radius 1 is 1.23 bits per heavy atom. The maximum atomic E-state index is 12.3. The quantitative estimate of drug-likeness (QED) is 0.835. The Hall–Kier alpha value is -2.11. The Balaban J connectivity index is 1.86. The Kier molecular flexibility index (Phi) is 3.55. The number of anilines is 1. The number of carbonyl (C=O) groups excluding carboxylic acids is 1. The molecule has 4 nitrogen and oxygen atoms in total. The number of fused-ring (bicyclic) bond motifs is 1. The van der Waals surface area contributed by atoms with E-state index in [1.54, 1.807) is 12.1 Å². The van der Waals surface area contributed by atoms with Crippen molar-refractivity contribution in [3.8, 4) is 0 Å². The molecular weight excluding hydrogens is 277 g/mol. The van der Waals surface area contributed by atoms with E-state index in [0.717, 1.165) is 11.1 Å². The molecule has 0 unspecified atom stereocenters. The van der Waals surface area contributed by atoms with Crippen molar-refractivity contribution in [2.24, 2.45) is 0 Å². The predicted octanol–water partition coefficient (Wildman–Crippen LogP) is 2.20. The van der Waals surface area contributed by atoms with Gasteiger partial charge in [-0.3, -0.25) is 4.79 Å². The van der Waals surface area contributed by atoms with E-state index in [0.29, 0.717) is 16.7 Å². The molecule has 3 rings (SSSR count). The second-order valence-corrected chi connectivity index (χ2v) is 6.11. The molecule has 0 radical (unpaired) electrons. The van der Waals surface area contributed by atoms with Gasteiger partial charge in [0.25, 0.3) is 5.91 Å². The molecule has 0 bridgehead atoms. The minimum atomic E-state index is -0.958. The summed E-state index contributed by atoms with van der Waals surface area (Å²) in [5.41, 5.74) is 3.41. The molecular formula is C17H18BNO3. The first-order valence-corrected chi connectivity index (χ1v) is 7.25. The molecule has 5 heteroatoms. The van der Waals surface area contributed by atoms with E-state index in [4.69, 9.17) is 4.65 Å². The van der Waals surface area contributed by atoms with Gasteiger partial charge in [0.2, 0.25) is 0 Å². The van der Waals surface area contributed by atoms with Gasteiger partial charge in [0, 0.05) is 11.3 Å². The molecule has 0 aliphatic carbocycles. The van der Waals surface area contributed by atoms with E-state index in [9.17, 15) is 9.82 Å². The van der Waals surface area contributed by atoms with Gasteiger partial charge in [-0.15, -0.1) is 0 Å². The highest BCUT2D eigenvalue weighted by Crippen LogP contribution is 2.30. The van der Waals surface area contributed by atoms with Gasteiger partial charge < -0.3 is 15.0 Å². The first-order valence-electron chi connectivity index (χ1n) is 7.25. The van der Waals surface area contributed by atoms with Crippen molar-refractivity contribution in [3.05, 3.63) is 59.2 Å². The number of aryl methyl sites for hydroxylation is 1. The highest BCUT2D eigenvalue weighted by atomic mass is 16.5. The van der Waals surface area contributed by atoms with Crippen LogP contribution in [0.15, 0.2) is 42.5 Å². The largest absolute Gasteiger partial charge is 0.492 e. The lowest BCUT2D eigenvalue weighted by atomic mass is 9.78. The first kappa shape index (κ1) is 14.8. The molecule has 112 valence electrons. The van der Waals surface area contributed by atoms with Crippen LogP contribution in [-0.2, 0) is 10.3 Å². The summed E-state index contributed by atoms with van der Waals surface area (Å²) >= 11 is 0. The molecule has 0 fully saturated rings. The maximum Gasteiger partial charge on any atom is 0.492 e. The molecule has 2 aromatic rings. The minimum Gasteiger partial charge on any atom is -0.423 e. The minimum absolute atomic E-state index is 0.170. The number of amides is 1. The van der Waals surface area contributed by atoms with Crippen LogP contribution in [0.25, 0.3) is 0 Å². The Morgan fingerprint density at radius 2 is 2.00 bits per heavy atom. The van der Waals surface area contributed by atoms with Crippen molar-refractivity contribution in [2.45, 2.75) is 26.4 Å². The Labute approximate surface area is 130 Å². The van der Waals surface area contributed by atoms with Gasteiger partial charge in [-0.1, -0.05) is 23.8 Å². The van der Waals surface area contributed by atoms with E-state index in [-0.39, 0.29) is 5.91 Å². The molecule has 2 aromatic carbocycles. The van der Waals surface area contributed by atoms with Crippen LogP contribution < -0.4 is 10.8 Å². The molecule has 0 spiro atoms. The molecule has 0 saturated carbocycles. The third kappa shape index (κ3) is 2.65. The summed E-state index contributed by atoms with van der Waals surface area (Å²) in [6.07, 6.45) is 0. The van der Waals surface area contributed by atoms with Crippen LogP contribution in [0.1, 0.15) is 35.3 Å². The second kappa shape index (κ2) is 5.27. The molecule has 1 amide bonds. The van der Waals surface area contributed by atoms with Gasteiger partial charge in [-0.05, 0) is 56.1 Å². The fraction of sp³-hybridized carbons (Fsp3) is 0.235. The maximum absolute atomic E-state index is 12.3. The Bertz CT molecular complexity index is 742. The van der Waals surface area contributed by atoms with Gasteiger partial charge in [-0.2, -0.15) is 0 Å². The fourth-order valence-electron chi connectivity index (χ4n) is 2.79. The van der Waals surface area contributed by atoms with Crippen LogP contribution in [0, 0.1) is 6.92 Å². The normalized spacial score (nSPS) is 15.5. The average Bonchev–Trinajstić information content (AvgIpc) is 2.68. The van der Waals surface area contributed by atoms with Crippen LogP contribution >= 0.6 is 0 Å². The number of hydrogen-bond donors (Lipinski definition) is 2. The van der Waals surface area contributed by atoms with Crippen molar-refractivity contribution < 1.29 is 14.5 Å². The van der Waals surface area contributed by atoms with Crippen molar-refractivity contribution in [2.75, 3.05) is 5.32 Å². The lowest BCUT2D eigenvalue weighted by Crippen LogP contribution is -2.29. The summed E-state index contributed by atoms with van der Waals surface area (Å²) in [4.78, 5) is 12.3. The van der Waals surface area contributed by atoms with Crippen LogP contribution in [-0.4, -0.2) is 18.0 Å². The first-order chi connectivity index (χ1) is 10.4. The SMILES string of the molecule is Cc1cccc(C(=O)Nc2ccc3c(c2)B(O)OC3(C)C)c1. The molecule has 0 saturated heterocycles. The van der Waals surface area contributed by atoms with E-state index in [1.165, 1.54) is 0 Å². The molecule has 22 heavy (non-hydrogen) atoms. The fourth-order valence-corrected chi connectivity index (χ4v) is 2.79. The number of benzene rings is 2. The van der Waals surface area contributed by atoms with Crippen LogP contribution in [0.3, 0.4) is 0 Å². The summed E-state index contributed by atoms with van der Waals surface area (Å²) in [5, 5.41) is 12.9. The third-order valence-electron chi connectivity index (χ3n) is 3.91. The van der Waals surface area contributed by atoms with Gasteiger partial charge in [0.05, 0.1) is 5.60 Å². The molecule has 1 aliphatic rings. The van der Waals surface area contributed by atoms with Crippen molar-refractivity contribution in [1.82, 2.24) is 0 Å². The molecule has 2 N–H and O–H groups in total. The number of nitrogens with one attached hydrogen (secondary N) is 1. The number of rotatable bonds is 2. The van der Waals surface area contributed by atoms with E-state index in [1.807, 2.05) is 51.1 Å². The number of hydrogen-bond acceptors (Lipinski definition) is 3.